The first kappa shape index (κ1) is 17.0. The maximum atomic E-state index is 11.8. The van der Waals surface area contributed by atoms with Gasteiger partial charge in [0.1, 0.15) is 23.0 Å². The molecule has 6 heteroatoms. The number of hydrogen-bond donors (Lipinski definition) is 2. The molecule has 0 aliphatic rings. The lowest BCUT2D eigenvalue weighted by molar-refractivity contribution is -0.137. The molecule has 0 aliphatic carbocycles. The van der Waals surface area contributed by atoms with Crippen LogP contribution in [-0.4, -0.2) is 27.1 Å². The van der Waals surface area contributed by atoms with Gasteiger partial charge in [-0.2, -0.15) is 0 Å². The highest BCUT2D eigenvalue weighted by molar-refractivity contribution is 6.05. The van der Waals surface area contributed by atoms with Crippen LogP contribution >= 0.6 is 0 Å². The van der Waals surface area contributed by atoms with E-state index in [4.69, 9.17) is 4.42 Å². The van der Waals surface area contributed by atoms with Gasteiger partial charge in [0.05, 0.1) is 0 Å². The van der Waals surface area contributed by atoms with Crippen LogP contribution in [0.25, 0.3) is 22.1 Å². The summed E-state index contributed by atoms with van der Waals surface area (Å²) in [6.45, 7) is 1.96. The Balaban J connectivity index is 1.78. The summed E-state index contributed by atoms with van der Waals surface area (Å²) in [5.41, 5.74) is 2.81. The minimum Gasteiger partial charge on any atom is -0.480 e. The lowest BCUT2D eigenvalue weighted by Crippen LogP contribution is -2.32. The van der Waals surface area contributed by atoms with Crippen molar-refractivity contribution in [2.24, 2.45) is 0 Å². The minimum atomic E-state index is -0.945. The molecule has 0 saturated heterocycles. The van der Waals surface area contributed by atoms with E-state index in [1.54, 1.807) is 0 Å². The van der Waals surface area contributed by atoms with Gasteiger partial charge in [0.2, 0.25) is 0 Å². The van der Waals surface area contributed by atoms with Gasteiger partial charge < -0.3 is 14.8 Å². The van der Waals surface area contributed by atoms with Gasteiger partial charge in [-0.15, -0.1) is 0 Å². The third-order valence-electron chi connectivity index (χ3n) is 4.47. The lowest BCUT2D eigenvalue weighted by atomic mass is 10.1. The molecule has 0 aliphatic heterocycles. The number of para-hydroxylation sites is 1. The fourth-order valence-corrected chi connectivity index (χ4v) is 3.11. The SMILES string of the molecule is CCc1nc(NC(Cc2ccccc2)C(=O)O)c2oc3ccccc3c2n1. The molecule has 6 nitrogen and oxygen atoms in total. The normalized spacial score (nSPS) is 12.3. The third kappa shape index (κ3) is 3.33. The summed E-state index contributed by atoms with van der Waals surface area (Å²) in [6, 6.07) is 16.3. The van der Waals surface area contributed by atoms with E-state index in [0.717, 1.165) is 10.9 Å². The zero-order valence-electron chi connectivity index (χ0n) is 14.8. The number of aliphatic carboxylic acids is 1. The summed E-state index contributed by atoms with van der Waals surface area (Å²) in [6.07, 6.45) is 0.976. The molecule has 1 unspecified atom stereocenters. The van der Waals surface area contributed by atoms with Crippen LogP contribution in [0.15, 0.2) is 59.0 Å². The molecule has 4 aromatic rings. The number of fused-ring (bicyclic) bond motifs is 3. The predicted octanol–water partition coefficient (Wildman–Crippen LogP) is 4.05. The Morgan fingerprint density at radius 2 is 1.85 bits per heavy atom. The van der Waals surface area contributed by atoms with Gasteiger partial charge in [0.25, 0.3) is 0 Å². The first-order valence-corrected chi connectivity index (χ1v) is 8.87. The molecule has 136 valence electrons. The standard InChI is InChI=1S/C21H19N3O3/c1-2-17-23-18-14-10-6-7-11-16(14)27-19(18)20(24-17)22-15(21(25)26)12-13-8-4-3-5-9-13/h3-11,15H,2,12H2,1H3,(H,25,26)(H,22,23,24). The maximum Gasteiger partial charge on any atom is 0.326 e. The molecule has 4 rings (SSSR count). The number of benzene rings is 2. The van der Waals surface area contributed by atoms with E-state index in [9.17, 15) is 9.90 Å². The van der Waals surface area contributed by atoms with E-state index in [0.29, 0.717) is 41.2 Å². The first-order chi connectivity index (χ1) is 13.2. The van der Waals surface area contributed by atoms with Crippen molar-refractivity contribution in [2.75, 3.05) is 5.32 Å². The van der Waals surface area contributed by atoms with Crippen molar-refractivity contribution in [1.82, 2.24) is 9.97 Å². The molecule has 2 heterocycles. The average Bonchev–Trinajstić information content (AvgIpc) is 3.07. The van der Waals surface area contributed by atoms with E-state index < -0.39 is 12.0 Å². The Labute approximate surface area is 155 Å². The Morgan fingerprint density at radius 3 is 2.59 bits per heavy atom. The molecule has 0 fully saturated rings. The number of anilines is 1. The monoisotopic (exact) mass is 361 g/mol. The Kier molecular flexibility index (Phi) is 4.46. The fraction of sp³-hybridized carbons (Fsp3) is 0.190. The molecule has 0 saturated carbocycles. The summed E-state index contributed by atoms with van der Waals surface area (Å²) in [5, 5.41) is 13.7. The topological polar surface area (TPSA) is 88.2 Å². The van der Waals surface area contributed by atoms with E-state index in [1.165, 1.54) is 0 Å². The zero-order chi connectivity index (χ0) is 18.8. The van der Waals surface area contributed by atoms with Gasteiger partial charge >= 0.3 is 5.97 Å². The van der Waals surface area contributed by atoms with Crippen LogP contribution in [0.1, 0.15) is 18.3 Å². The molecule has 0 bridgehead atoms. The Morgan fingerprint density at radius 1 is 1.11 bits per heavy atom. The van der Waals surface area contributed by atoms with Crippen LogP contribution in [0.3, 0.4) is 0 Å². The van der Waals surface area contributed by atoms with Gasteiger partial charge in [0, 0.05) is 18.2 Å². The van der Waals surface area contributed by atoms with E-state index in [-0.39, 0.29) is 0 Å². The number of nitrogens with zero attached hydrogens (tertiary/aromatic N) is 2. The molecule has 27 heavy (non-hydrogen) atoms. The van der Waals surface area contributed by atoms with Gasteiger partial charge in [-0.1, -0.05) is 49.4 Å². The molecule has 0 spiro atoms. The molecule has 2 N–H and O–H groups in total. The number of rotatable bonds is 6. The van der Waals surface area contributed by atoms with Crippen LogP contribution in [0, 0.1) is 0 Å². The summed E-state index contributed by atoms with van der Waals surface area (Å²) >= 11 is 0. The first-order valence-electron chi connectivity index (χ1n) is 8.87. The number of carboxylic acid groups (broad SMARTS) is 1. The fourth-order valence-electron chi connectivity index (χ4n) is 3.11. The van der Waals surface area contributed by atoms with E-state index >= 15 is 0 Å². The van der Waals surface area contributed by atoms with Crippen LogP contribution in [0.5, 0.6) is 0 Å². The van der Waals surface area contributed by atoms with E-state index in [2.05, 4.69) is 15.3 Å². The average molecular weight is 361 g/mol. The highest BCUT2D eigenvalue weighted by Crippen LogP contribution is 2.31. The number of hydrogen-bond acceptors (Lipinski definition) is 5. The number of nitrogens with one attached hydrogen (secondary N) is 1. The summed E-state index contributed by atoms with van der Waals surface area (Å²) in [5.74, 6) is 0.108. The summed E-state index contributed by atoms with van der Waals surface area (Å²) in [7, 11) is 0. The van der Waals surface area contributed by atoms with Crippen molar-refractivity contribution in [2.45, 2.75) is 25.8 Å². The van der Waals surface area contributed by atoms with Crippen LogP contribution in [0.2, 0.25) is 0 Å². The second kappa shape index (κ2) is 7.07. The molecule has 2 aromatic carbocycles. The number of carboxylic acids is 1. The zero-order valence-corrected chi connectivity index (χ0v) is 14.8. The molecular formula is C21H19N3O3. The van der Waals surface area contributed by atoms with Crippen LogP contribution in [-0.2, 0) is 17.6 Å². The molecule has 2 aromatic heterocycles. The Hall–Kier alpha value is -3.41. The molecule has 0 radical (unpaired) electrons. The van der Waals surface area contributed by atoms with Crippen LogP contribution in [0.4, 0.5) is 5.82 Å². The molecular weight excluding hydrogens is 342 g/mol. The van der Waals surface area contributed by atoms with Crippen LogP contribution < -0.4 is 5.32 Å². The number of aromatic nitrogens is 2. The quantitative estimate of drug-likeness (QED) is 0.539. The van der Waals surface area contributed by atoms with Gasteiger partial charge in [-0.3, -0.25) is 0 Å². The van der Waals surface area contributed by atoms with Crippen molar-refractivity contribution in [3.63, 3.8) is 0 Å². The number of carbonyl (C=O) groups is 1. The second-order valence-corrected chi connectivity index (χ2v) is 6.34. The van der Waals surface area contributed by atoms with Gasteiger partial charge in [0.15, 0.2) is 11.4 Å². The second-order valence-electron chi connectivity index (χ2n) is 6.34. The molecule has 1 atom stereocenters. The summed E-state index contributed by atoms with van der Waals surface area (Å²) in [4.78, 5) is 20.9. The van der Waals surface area contributed by atoms with Crippen molar-refractivity contribution in [3.05, 3.63) is 66.0 Å². The maximum absolute atomic E-state index is 11.8. The highest BCUT2D eigenvalue weighted by atomic mass is 16.4. The smallest absolute Gasteiger partial charge is 0.326 e. The molecule has 0 amide bonds. The highest BCUT2D eigenvalue weighted by Gasteiger charge is 2.22. The number of aryl methyl sites for hydroxylation is 1. The minimum absolute atomic E-state index is 0.337. The van der Waals surface area contributed by atoms with Crippen molar-refractivity contribution in [3.8, 4) is 0 Å². The lowest BCUT2D eigenvalue weighted by Gasteiger charge is -2.15. The van der Waals surface area contributed by atoms with Crippen molar-refractivity contribution >= 4 is 33.9 Å². The van der Waals surface area contributed by atoms with Gasteiger partial charge in [-0.25, -0.2) is 14.8 Å². The van der Waals surface area contributed by atoms with Crippen molar-refractivity contribution < 1.29 is 14.3 Å². The predicted molar refractivity (Wildman–Crippen MR) is 104 cm³/mol. The van der Waals surface area contributed by atoms with Gasteiger partial charge in [-0.05, 0) is 17.7 Å². The number of furan rings is 1. The largest absolute Gasteiger partial charge is 0.480 e. The summed E-state index contributed by atoms with van der Waals surface area (Å²) < 4.78 is 5.93. The third-order valence-corrected chi connectivity index (χ3v) is 4.47. The Bertz CT molecular complexity index is 1110. The van der Waals surface area contributed by atoms with E-state index in [1.807, 2.05) is 61.5 Å². The van der Waals surface area contributed by atoms with Crippen molar-refractivity contribution in [1.29, 1.82) is 0 Å².